The van der Waals surface area contributed by atoms with Gasteiger partial charge in [-0.25, -0.2) is 0 Å². The molecule has 0 aromatic heterocycles. The van der Waals surface area contributed by atoms with Gasteiger partial charge in [0.25, 0.3) is 0 Å². The summed E-state index contributed by atoms with van der Waals surface area (Å²) in [6, 6.07) is -0.982. The van der Waals surface area contributed by atoms with Gasteiger partial charge in [-0.1, -0.05) is 212 Å². The van der Waals surface area contributed by atoms with E-state index in [4.69, 9.17) is 28.4 Å². The van der Waals surface area contributed by atoms with Crippen LogP contribution in [0.3, 0.4) is 0 Å². The first-order valence-corrected chi connectivity index (χ1v) is 31.6. The molecule has 0 spiro atoms. The number of rotatable bonds is 47. The number of carbonyl (C=O) groups is 1. The summed E-state index contributed by atoms with van der Waals surface area (Å²) < 4.78 is 34.0. The van der Waals surface area contributed by atoms with Crippen LogP contribution in [0, 0.1) is 0 Å². The molecule has 3 aliphatic heterocycles. The van der Waals surface area contributed by atoms with Gasteiger partial charge >= 0.3 is 0 Å². The number of aliphatic hydroxyl groups is 11. The molecule has 1 amide bonds. The molecule has 0 saturated carbocycles. The zero-order chi connectivity index (χ0) is 58.3. The molecular weight excluding hydrogens is 1030 g/mol. The van der Waals surface area contributed by atoms with E-state index in [9.17, 15) is 61.0 Å². The molecule has 3 fully saturated rings. The van der Waals surface area contributed by atoms with Crippen molar-refractivity contribution in [2.45, 2.75) is 330 Å². The van der Waals surface area contributed by atoms with E-state index in [0.29, 0.717) is 12.8 Å². The van der Waals surface area contributed by atoms with E-state index in [-0.39, 0.29) is 18.9 Å². The minimum atomic E-state index is -1.98. The van der Waals surface area contributed by atoms with Crippen molar-refractivity contribution >= 4 is 5.91 Å². The molecule has 3 aliphatic rings. The second kappa shape index (κ2) is 44.7. The maximum Gasteiger partial charge on any atom is 0.220 e. The van der Waals surface area contributed by atoms with E-state index in [1.807, 2.05) is 6.08 Å². The van der Waals surface area contributed by atoms with Gasteiger partial charge in [0.1, 0.15) is 73.2 Å². The Morgan fingerprint density at radius 3 is 1.25 bits per heavy atom. The van der Waals surface area contributed by atoms with E-state index in [0.717, 1.165) is 38.5 Å². The van der Waals surface area contributed by atoms with Gasteiger partial charge in [-0.2, -0.15) is 0 Å². The molecule has 12 N–H and O–H groups in total. The maximum absolute atomic E-state index is 13.0. The first-order valence-electron chi connectivity index (χ1n) is 31.6. The lowest BCUT2D eigenvalue weighted by Crippen LogP contribution is -2.66. The molecular formula is C61H113NO18. The number of amides is 1. The average molecular weight is 1150 g/mol. The highest BCUT2D eigenvalue weighted by atomic mass is 16.8. The first-order chi connectivity index (χ1) is 38.8. The Labute approximate surface area is 479 Å². The number of hydrogen-bond donors (Lipinski definition) is 12. The Kier molecular flexibility index (Phi) is 40.5. The van der Waals surface area contributed by atoms with E-state index in [2.05, 4.69) is 31.3 Å². The average Bonchev–Trinajstić information content (AvgIpc) is 3.46. The molecule has 0 aliphatic carbocycles. The third-order valence-corrected chi connectivity index (χ3v) is 16.0. The van der Waals surface area contributed by atoms with Crippen LogP contribution in [0.25, 0.3) is 0 Å². The van der Waals surface area contributed by atoms with Crippen LogP contribution in [-0.4, -0.2) is 193 Å². The Morgan fingerprint density at radius 2 is 0.800 bits per heavy atom. The highest BCUT2D eigenvalue weighted by Crippen LogP contribution is 2.33. The van der Waals surface area contributed by atoms with Crippen LogP contribution in [0.1, 0.15) is 226 Å². The minimum absolute atomic E-state index is 0.228. The number of hydrogen-bond acceptors (Lipinski definition) is 18. The third kappa shape index (κ3) is 28.0. The highest BCUT2D eigenvalue weighted by Gasteiger charge is 2.53. The van der Waals surface area contributed by atoms with Crippen LogP contribution < -0.4 is 5.32 Å². The van der Waals surface area contributed by atoms with Gasteiger partial charge in [-0.05, 0) is 32.1 Å². The molecule has 0 radical (unpaired) electrons. The van der Waals surface area contributed by atoms with Gasteiger partial charge in [0.15, 0.2) is 18.9 Å². The van der Waals surface area contributed by atoms with Crippen LogP contribution in [0.5, 0.6) is 0 Å². The minimum Gasteiger partial charge on any atom is -0.394 e. The summed E-state index contributed by atoms with van der Waals surface area (Å²) in [4.78, 5) is 13.0. The molecule has 17 unspecified atom stereocenters. The Morgan fingerprint density at radius 1 is 0.438 bits per heavy atom. The summed E-state index contributed by atoms with van der Waals surface area (Å²) in [6.45, 7) is 1.56. The zero-order valence-corrected chi connectivity index (χ0v) is 49.1. The van der Waals surface area contributed by atoms with Crippen molar-refractivity contribution in [3.63, 3.8) is 0 Å². The lowest BCUT2D eigenvalue weighted by molar-refractivity contribution is -0.379. The summed E-state index contributed by atoms with van der Waals surface area (Å²) in [5.74, 6) is -0.303. The Hall–Kier alpha value is -1.73. The number of allylic oxidation sites excluding steroid dienone is 3. The Balaban J connectivity index is 1.33. The van der Waals surface area contributed by atoms with E-state index >= 15 is 0 Å². The van der Waals surface area contributed by atoms with E-state index in [1.165, 1.54) is 154 Å². The van der Waals surface area contributed by atoms with E-state index in [1.54, 1.807) is 6.08 Å². The van der Waals surface area contributed by atoms with Crippen molar-refractivity contribution in [3.05, 3.63) is 24.3 Å². The molecule has 17 atom stereocenters. The fraction of sp³-hybridized carbons (Fsp3) is 0.918. The second-order valence-corrected chi connectivity index (χ2v) is 22.9. The summed E-state index contributed by atoms with van der Waals surface area (Å²) in [5, 5.41) is 119. The largest absolute Gasteiger partial charge is 0.394 e. The number of unbranched alkanes of at least 4 members (excludes halogenated alkanes) is 29. The number of ether oxygens (including phenoxy) is 6. The van der Waals surface area contributed by atoms with Crippen molar-refractivity contribution in [1.29, 1.82) is 0 Å². The molecule has 0 aromatic rings. The lowest BCUT2D eigenvalue weighted by Gasteiger charge is -2.48. The summed E-state index contributed by atoms with van der Waals surface area (Å²) in [5.41, 5.74) is 0. The monoisotopic (exact) mass is 1150 g/mol. The number of carbonyl (C=O) groups excluding carboxylic acids is 1. The van der Waals surface area contributed by atoms with Crippen LogP contribution in [0.15, 0.2) is 24.3 Å². The van der Waals surface area contributed by atoms with Crippen LogP contribution in [0.2, 0.25) is 0 Å². The summed E-state index contributed by atoms with van der Waals surface area (Å²) in [7, 11) is 0. The van der Waals surface area contributed by atoms with Crippen molar-refractivity contribution in [3.8, 4) is 0 Å². The SMILES string of the molecule is CCCCCCCCCCCCCCCCCCCCCCCCCCC/C=C/CC/C=C/C(O)C(COC1OC(CO)C(OC2OC(CO)C(OC3OC(CO)C(O)C(O)C3O)C(O)C2O)C(O)C1O)NC(=O)CCCCCC. The first kappa shape index (κ1) is 72.5. The normalized spacial score (nSPS) is 30.1. The van der Waals surface area contributed by atoms with Gasteiger partial charge in [0.2, 0.25) is 5.91 Å². The van der Waals surface area contributed by atoms with Crippen molar-refractivity contribution < 1.29 is 89.4 Å². The van der Waals surface area contributed by atoms with Gasteiger partial charge in [0, 0.05) is 6.42 Å². The molecule has 80 heavy (non-hydrogen) atoms. The topological polar surface area (TPSA) is 307 Å². The second-order valence-electron chi connectivity index (χ2n) is 22.9. The Bertz CT molecular complexity index is 1560. The predicted octanol–water partition coefficient (Wildman–Crippen LogP) is 6.32. The number of nitrogens with one attached hydrogen (secondary N) is 1. The zero-order valence-electron chi connectivity index (χ0n) is 49.1. The van der Waals surface area contributed by atoms with Gasteiger partial charge in [-0.15, -0.1) is 0 Å². The quantitative estimate of drug-likeness (QED) is 0.0234. The molecule has 19 heteroatoms. The van der Waals surface area contributed by atoms with Gasteiger partial charge in [-0.3, -0.25) is 4.79 Å². The lowest BCUT2D eigenvalue weighted by atomic mass is 9.96. The molecule has 3 rings (SSSR count). The molecule has 3 heterocycles. The predicted molar refractivity (Wildman–Crippen MR) is 305 cm³/mol. The van der Waals surface area contributed by atoms with E-state index < -0.39 is 124 Å². The third-order valence-electron chi connectivity index (χ3n) is 16.0. The van der Waals surface area contributed by atoms with Crippen LogP contribution in [-0.2, 0) is 33.2 Å². The maximum atomic E-state index is 13.0. The molecule has 3 saturated heterocycles. The standard InChI is InChI=1S/C61H113NO18/c1-3-5-7-9-10-11-12-13-14-15-16-17-18-19-20-21-22-23-24-25-26-27-28-29-30-31-32-33-34-35-36-38-45(66)44(62-49(67)39-37-8-6-4-2)43-75-59-55(73)52(70)57(47(41-64)77-59)80-61-56(74)53(71)58(48(42-65)78-61)79-60-54(72)51(69)50(68)46(40-63)76-60/h32-33,36,38,44-48,50-61,63-66,68-74H,3-31,34-35,37,39-43H2,1-2H3,(H,62,67)/b33-32+,38-36+. The summed E-state index contributed by atoms with van der Waals surface area (Å²) in [6.07, 6.45) is 21.5. The molecule has 19 nitrogen and oxygen atoms in total. The van der Waals surface area contributed by atoms with Crippen LogP contribution in [0.4, 0.5) is 0 Å². The van der Waals surface area contributed by atoms with Gasteiger partial charge < -0.3 is 89.9 Å². The molecule has 0 aromatic carbocycles. The highest BCUT2D eigenvalue weighted by molar-refractivity contribution is 5.76. The van der Waals surface area contributed by atoms with Crippen LogP contribution >= 0.6 is 0 Å². The van der Waals surface area contributed by atoms with Gasteiger partial charge in [0.05, 0.1) is 38.6 Å². The van der Waals surface area contributed by atoms with Crippen molar-refractivity contribution in [1.82, 2.24) is 5.32 Å². The smallest absolute Gasteiger partial charge is 0.220 e. The molecule has 470 valence electrons. The number of aliphatic hydroxyl groups excluding tert-OH is 11. The fourth-order valence-corrected chi connectivity index (χ4v) is 10.8. The van der Waals surface area contributed by atoms with Crippen molar-refractivity contribution in [2.24, 2.45) is 0 Å². The van der Waals surface area contributed by atoms with Crippen molar-refractivity contribution in [2.75, 3.05) is 26.4 Å². The molecule has 0 bridgehead atoms. The fourth-order valence-electron chi connectivity index (χ4n) is 10.8. The summed E-state index contributed by atoms with van der Waals surface area (Å²) >= 11 is 0.